The van der Waals surface area contributed by atoms with Crippen LogP contribution in [0, 0.1) is 0 Å². The molecule has 0 bridgehead atoms. The lowest BCUT2D eigenvalue weighted by Gasteiger charge is -2.39. The van der Waals surface area contributed by atoms with Crippen LogP contribution in [0.25, 0.3) is 0 Å². The average Bonchev–Trinajstić information content (AvgIpc) is 2.53. The first-order chi connectivity index (χ1) is 11.6. The van der Waals surface area contributed by atoms with E-state index in [1.54, 1.807) is 17.0 Å². The third kappa shape index (κ3) is 5.34. The number of amides is 1. The number of carbonyl (C=O) groups is 2. The van der Waals surface area contributed by atoms with Crippen molar-refractivity contribution in [2.75, 3.05) is 20.2 Å². The van der Waals surface area contributed by atoms with Crippen molar-refractivity contribution in [2.24, 2.45) is 0 Å². The van der Waals surface area contributed by atoms with Crippen LogP contribution >= 0.6 is 0 Å². The van der Waals surface area contributed by atoms with E-state index in [9.17, 15) is 9.59 Å². The molecular weight excluding hydrogens is 324 g/mol. The Labute approximate surface area is 148 Å². The second-order valence-corrected chi connectivity index (χ2v) is 7.39. The number of pyridine rings is 1. The summed E-state index contributed by atoms with van der Waals surface area (Å²) >= 11 is 0. The molecule has 2 heterocycles. The molecule has 1 fully saturated rings. The molecule has 0 N–H and O–H groups in total. The van der Waals surface area contributed by atoms with E-state index >= 15 is 0 Å². The van der Waals surface area contributed by atoms with E-state index in [1.807, 2.05) is 27.7 Å². The van der Waals surface area contributed by atoms with E-state index in [4.69, 9.17) is 9.47 Å². The lowest BCUT2D eigenvalue weighted by Crippen LogP contribution is -2.49. The van der Waals surface area contributed by atoms with E-state index in [1.165, 1.54) is 13.3 Å². The molecule has 0 atom stereocenters. The fourth-order valence-electron chi connectivity index (χ4n) is 2.57. The van der Waals surface area contributed by atoms with Crippen LogP contribution in [0.5, 0.6) is 5.75 Å². The van der Waals surface area contributed by atoms with Crippen molar-refractivity contribution in [3.05, 3.63) is 24.0 Å². The van der Waals surface area contributed by atoms with Gasteiger partial charge in [-0.25, -0.2) is 14.6 Å². The van der Waals surface area contributed by atoms with E-state index in [2.05, 4.69) is 9.72 Å². The molecule has 7 heteroatoms. The minimum Gasteiger partial charge on any atom is -0.487 e. The van der Waals surface area contributed by atoms with Crippen LogP contribution in [-0.4, -0.2) is 53.3 Å². The van der Waals surface area contributed by atoms with Gasteiger partial charge in [-0.2, -0.15) is 0 Å². The van der Waals surface area contributed by atoms with Gasteiger partial charge in [-0.3, -0.25) is 0 Å². The molecule has 1 aromatic heterocycles. The fraction of sp³-hybridized carbons (Fsp3) is 0.611. The van der Waals surface area contributed by atoms with E-state index < -0.39 is 17.2 Å². The molecule has 1 aliphatic rings. The molecule has 0 spiro atoms. The molecule has 1 saturated heterocycles. The maximum Gasteiger partial charge on any atom is 0.410 e. The third-order valence-corrected chi connectivity index (χ3v) is 3.96. The summed E-state index contributed by atoms with van der Waals surface area (Å²) < 4.78 is 16.2. The summed E-state index contributed by atoms with van der Waals surface area (Å²) in [4.78, 5) is 29.4. The highest BCUT2D eigenvalue weighted by molar-refractivity contribution is 5.87. The highest BCUT2D eigenvalue weighted by Crippen LogP contribution is 2.29. The van der Waals surface area contributed by atoms with Crippen LogP contribution < -0.4 is 4.74 Å². The van der Waals surface area contributed by atoms with Gasteiger partial charge in [0, 0.05) is 38.2 Å². The van der Waals surface area contributed by atoms with Gasteiger partial charge in [-0.05, 0) is 33.8 Å². The summed E-state index contributed by atoms with van der Waals surface area (Å²) in [7, 11) is 1.31. The predicted octanol–water partition coefficient (Wildman–Crippen LogP) is 3.04. The van der Waals surface area contributed by atoms with Gasteiger partial charge in [0.15, 0.2) is 5.69 Å². The zero-order valence-corrected chi connectivity index (χ0v) is 15.5. The van der Waals surface area contributed by atoms with Gasteiger partial charge in [0.2, 0.25) is 0 Å². The molecule has 138 valence electrons. The summed E-state index contributed by atoms with van der Waals surface area (Å²) in [6, 6.07) is 3.27. The number of ether oxygens (including phenoxy) is 3. The van der Waals surface area contributed by atoms with Crippen molar-refractivity contribution in [3.63, 3.8) is 0 Å². The van der Waals surface area contributed by atoms with Crippen LogP contribution in [-0.2, 0) is 9.47 Å². The molecule has 0 aromatic carbocycles. The lowest BCUT2D eigenvalue weighted by molar-refractivity contribution is -0.00993. The molecule has 1 amide bonds. The second-order valence-electron chi connectivity index (χ2n) is 7.39. The number of carbonyl (C=O) groups excluding carboxylic acids is 2. The Kier molecular flexibility index (Phi) is 5.55. The van der Waals surface area contributed by atoms with Crippen molar-refractivity contribution in [1.82, 2.24) is 9.88 Å². The van der Waals surface area contributed by atoms with E-state index in [-0.39, 0.29) is 11.8 Å². The van der Waals surface area contributed by atoms with Gasteiger partial charge in [0.05, 0.1) is 7.11 Å². The first kappa shape index (κ1) is 19.0. The average molecular weight is 350 g/mol. The Morgan fingerprint density at radius 3 is 2.44 bits per heavy atom. The molecule has 1 aliphatic heterocycles. The third-order valence-electron chi connectivity index (χ3n) is 3.96. The number of aromatic nitrogens is 1. The quantitative estimate of drug-likeness (QED) is 0.780. The standard InChI is InChI=1S/C18H26N2O5/c1-17(2,3)25-16(22)20-10-7-18(4,8-11-20)24-13-6-9-19-14(12-13)15(21)23-5/h6,9,12H,7-8,10-11H2,1-5H3. The van der Waals surface area contributed by atoms with Crippen molar-refractivity contribution >= 4 is 12.1 Å². The minimum absolute atomic E-state index is 0.204. The van der Waals surface area contributed by atoms with Gasteiger partial charge < -0.3 is 19.1 Å². The molecular formula is C18H26N2O5. The normalized spacial score (nSPS) is 16.9. The molecule has 1 aromatic rings. The Bertz CT molecular complexity index is 631. The minimum atomic E-state index is -0.504. The number of rotatable bonds is 3. The zero-order chi connectivity index (χ0) is 18.7. The summed E-state index contributed by atoms with van der Waals surface area (Å²) in [5, 5.41) is 0. The Morgan fingerprint density at radius 2 is 1.88 bits per heavy atom. The largest absolute Gasteiger partial charge is 0.487 e. The highest BCUT2D eigenvalue weighted by Gasteiger charge is 2.35. The summed E-state index contributed by atoms with van der Waals surface area (Å²) in [5.74, 6) is 0.0546. The van der Waals surface area contributed by atoms with Crippen molar-refractivity contribution < 1.29 is 23.8 Å². The Morgan fingerprint density at radius 1 is 1.24 bits per heavy atom. The number of methoxy groups -OCH3 is 1. The molecule has 7 nitrogen and oxygen atoms in total. The smallest absolute Gasteiger partial charge is 0.410 e. The molecule has 0 saturated carbocycles. The summed E-state index contributed by atoms with van der Waals surface area (Å²) in [6.07, 6.45) is 2.55. The number of hydrogen-bond donors (Lipinski definition) is 0. The van der Waals surface area contributed by atoms with Crippen LogP contribution in [0.2, 0.25) is 0 Å². The number of esters is 1. The van der Waals surface area contributed by atoms with Gasteiger partial charge in [-0.1, -0.05) is 0 Å². The van der Waals surface area contributed by atoms with Crippen LogP contribution in [0.4, 0.5) is 4.79 Å². The molecule has 0 aliphatic carbocycles. The number of likely N-dealkylation sites (tertiary alicyclic amines) is 1. The second kappa shape index (κ2) is 7.29. The van der Waals surface area contributed by atoms with Gasteiger partial charge in [0.1, 0.15) is 17.0 Å². The van der Waals surface area contributed by atoms with Crippen LogP contribution in [0.15, 0.2) is 18.3 Å². The van der Waals surface area contributed by atoms with Gasteiger partial charge in [-0.15, -0.1) is 0 Å². The molecule has 25 heavy (non-hydrogen) atoms. The van der Waals surface area contributed by atoms with Crippen molar-refractivity contribution in [3.8, 4) is 5.75 Å². The van der Waals surface area contributed by atoms with Gasteiger partial charge >= 0.3 is 12.1 Å². The fourth-order valence-corrected chi connectivity index (χ4v) is 2.57. The summed E-state index contributed by atoms with van der Waals surface area (Å²) in [5.41, 5.74) is -0.724. The maximum atomic E-state index is 12.1. The SMILES string of the molecule is COC(=O)c1cc(OC2(C)CCN(C(=O)OC(C)(C)C)CC2)ccn1. The lowest BCUT2D eigenvalue weighted by atomic mass is 9.93. The van der Waals surface area contributed by atoms with E-state index in [0.29, 0.717) is 31.7 Å². The predicted molar refractivity (Wildman–Crippen MR) is 91.7 cm³/mol. The maximum absolute atomic E-state index is 12.1. The van der Waals surface area contributed by atoms with Gasteiger partial charge in [0.25, 0.3) is 0 Å². The topological polar surface area (TPSA) is 78.0 Å². The number of hydrogen-bond acceptors (Lipinski definition) is 6. The highest BCUT2D eigenvalue weighted by atomic mass is 16.6. The zero-order valence-electron chi connectivity index (χ0n) is 15.5. The molecule has 0 unspecified atom stereocenters. The molecule has 0 radical (unpaired) electrons. The number of piperidine rings is 1. The van der Waals surface area contributed by atoms with Crippen molar-refractivity contribution in [2.45, 2.75) is 51.7 Å². The Balaban J connectivity index is 1.97. The first-order valence-electron chi connectivity index (χ1n) is 8.33. The Hall–Kier alpha value is -2.31. The van der Waals surface area contributed by atoms with Crippen LogP contribution in [0.1, 0.15) is 51.0 Å². The number of nitrogens with zero attached hydrogens (tertiary/aromatic N) is 2. The monoisotopic (exact) mass is 350 g/mol. The van der Waals surface area contributed by atoms with E-state index in [0.717, 1.165) is 0 Å². The van der Waals surface area contributed by atoms with Crippen LogP contribution in [0.3, 0.4) is 0 Å². The summed E-state index contributed by atoms with van der Waals surface area (Å²) in [6.45, 7) is 8.66. The first-order valence-corrected chi connectivity index (χ1v) is 8.33. The molecule has 2 rings (SSSR count). The van der Waals surface area contributed by atoms with Crippen molar-refractivity contribution in [1.29, 1.82) is 0 Å².